The number of hydrogen-bond acceptors (Lipinski definition) is 4. The third-order valence-corrected chi connectivity index (χ3v) is 6.34. The number of nitrogens with one attached hydrogen (secondary N) is 1. The van der Waals surface area contributed by atoms with Gasteiger partial charge in [-0.15, -0.1) is 0 Å². The van der Waals surface area contributed by atoms with Gasteiger partial charge in [-0.2, -0.15) is 0 Å². The maximum Gasteiger partial charge on any atom is 0.193 e. The highest BCUT2D eigenvalue weighted by molar-refractivity contribution is 5.80. The maximum absolute atomic E-state index is 5.75. The van der Waals surface area contributed by atoms with Gasteiger partial charge in [0.2, 0.25) is 0 Å². The number of methoxy groups -OCH3 is 1. The van der Waals surface area contributed by atoms with Crippen LogP contribution in [0.5, 0.6) is 0 Å². The highest BCUT2D eigenvalue weighted by Gasteiger charge is 2.29. The summed E-state index contributed by atoms with van der Waals surface area (Å²) in [4.78, 5) is 10.3. The van der Waals surface area contributed by atoms with E-state index in [9.17, 15) is 0 Å². The van der Waals surface area contributed by atoms with Crippen LogP contribution in [0.15, 0.2) is 4.99 Å². The molecule has 0 aromatic heterocycles. The van der Waals surface area contributed by atoms with Crippen LogP contribution < -0.4 is 5.32 Å². The Kier molecular flexibility index (Phi) is 11.2. The highest BCUT2D eigenvalue weighted by atomic mass is 16.5. The first-order chi connectivity index (χ1) is 13.7. The van der Waals surface area contributed by atoms with Gasteiger partial charge in [-0.3, -0.25) is 9.89 Å². The Balaban J connectivity index is 1.94. The lowest BCUT2D eigenvalue weighted by Gasteiger charge is -2.33. The van der Waals surface area contributed by atoms with Crippen LogP contribution in [0, 0.1) is 11.8 Å². The molecule has 0 saturated carbocycles. The largest absolute Gasteiger partial charge is 0.382 e. The molecule has 0 aromatic rings. The zero-order valence-electron chi connectivity index (χ0n) is 18.8. The van der Waals surface area contributed by atoms with Gasteiger partial charge in [-0.05, 0) is 45.2 Å². The lowest BCUT2D eigenvalue weighted by Crippen LogP contribution is -2.44. The van der Waals surface area contributed by atoms with Crippen molar-refractivity contribution >= 4 is 5.96 Å². The van der Waals surface area contributed by atoms with Crippen LogP contribution >= 0.6 is 0 Å². The Labute approximate surface area is 173 Å². The SMILES string of the molecule is CCNC(=NCC(C(CC)CC)N1CCCC1)N1CCC(COCCOC)C1. The number of aliphatic imine (C=N–C) groups is 1. The normalized spacial score (nSPS) is 22.4. The Morgan fingerprint density at radius 2 is 1.86 bits per heavy atom. The van der Waals surface area contributed by atoms with Gasteiger partial charge >= 0.3 is 0 Å². The standard InChI is InChI=1S/C22H44N4O2/c1-5-20(6-2)21(25-11-8-9-12-25)16-24-22(23-7-3)26-13-10-19(17-26)18-28-15-14-27-4/h19-21H,5-18H2,1-4H3,(H,23,24). The molecule has 0 aromatic carbocycles. The van der Waals surface area contributed by atoms with Gasteiger partial charge < -0.3 is 19.7 Å². The van der Waals surface area contributed by atoms with Crippen LogP contribution in [-0.4, -0.2) is 88.0 Å². The minimum atomic E-state index is 0.585. The molecule has 0 amide bonds. The third-order valence-electron chi connectivity index (χ3n) is 6.34. The molecule has 1 N–H and O–H groups in total. The first-order valence-electron chi connectivity index (χ1n) is 11.6. The van der Waals surface area contributed by atoms with Crippen molar-refractivity contribution in [2.45, 2.75) is 58.9 Å². The van der Waals surface area contributed by atoms with Crippen molar-refractivity contribution in [1.82, 2.24) is 15.1 Å². The third kappa shape index (κ3) is 7.20. The summed E-state index contributed by atoms with van der Waals surface area (Å²) in [6, 6.07) is 0.585. The molecule has 0 bridgehead atoms. The molecular weight excluding hydrogens is 352 g/mol. The monoisotopic (exact) mass is 396 g/mol. The van der Waals surface area contributed by atoms with E-state index < -0.39 is 0 Å². The number of nitrogens with zero attached hydrogens (tertiary/aromatic N) is 3. The van der Waals surface area contributed by atoms with Crippen molar-refractivity contribution in [1.29, 1.82) is 0 Å². The first kappa shape index (κ1) is 23.4. The molecule has 2 aliphatic rings. The predicted octanol–water partition coefficient (Wildman–Crippen LogP) is 2.84. The fourth-order valence-electron chi connectivity index (χ4n) is 4.63. The predicted molar refractivity (Wildman–Crippen MR) is 117 cm³/mol. The van der Waals surface area contributed by atoms with Crippen molar-refractivity contribution < 1.29 is 9.47 Å². The van der Waals surface area contributed by atoms with E-state index in [0.717, 1.165) is 44.7 Å². The molecule has 6 heteroatoms. The van der Waals surface area contributed by atoms with Crippen LogP contribution in [0.2, 0.25) is 0 Å². The second kappa shape index (κ2) is 13.4. The Bertz CT molecular complexity index is 434. The summed E-state index contributed by atoms with van der Waals surface area (Å²) in [7, 11) is 1.72. The topological polar surface area (TPSA) is 49.3 Å². The molecule has 6 nitrogen and oxygen atoms in total. The van der Waals surface area contributed by atoms with E-state index in [2.05, 4.69) is 35.9 Å². The van der Waals surface area contributed by atoms with Gasteiger partial charge in [0.25, 0.3) is 0 Å². The average Bonchev–Trinajstić information content (AvgIpc) is 3.40. The molecule has 2 atom stereocenters. The van der Waals surface area contributed by atoms with Gasteiger partial charge in [0.05, 0.1) is 26.4 Å². The van der Waals surface area contributed by atoms with E-state index in [-0.39, 0.29) is 0 Å². The summed E-state index contributed by atoms with van der Waals surface area (Å²) >= 11 is 0. The minimum absolute atomic E-state index is 0.585. The number of likely N-dealkylation sites (tertiary alicyclic amines) is 2. The van der Waals surface area contributed by atoms with Crippen LogP contribution in [-0.2, 0) is 9.47 Å². The Hall–Kier alpha value is -0.850. The van der Waals surface area contributed by atoms with Crippen LogP contribution in [0.4, 0.5) is 0 Å². The van der Waals surface area contributed by atoms with Gasteiger partial charge in [0.1, 0.15) is 0 Å². The highest BCUT2D eigenvalue weighted by Crippen LogP contribution is 2.24. The summed E-state index contributed by atoms with van der Waals surface area (Å²) in [5.41, 5.74) is 0. The van der Waals surface area contributed by atoms with Gasteiger partial charge in [-0.1, -0.05) is 26.7 Å². The molecule has 0 radical (unpaired) electrons. The molecular formula is C22H44N4O2. The van der Waals surface area contributed by atoms with Gasteiger partial charge in [0, 0.05) is 38.7 Å². The number of ether oxygens (including phenoxy) is 2. The van der Waals surface area contributed by atoms with Crippen molar-refractivity contribution in [3.8, 4) is 0 Å². The van der Waals surface area contributed by atoms with Crippen molar-refractivity contribution in [2.24, 2.45) is 16.8 Å². The lowest BCUT2D eigenvalue weighted by molar-refractivity contribution is 0.0536. The molecule has 2 aliphatic heterocycles. The fraction of sp³-hybridized carbons (Fsp3) is 0.955. The molecule has 2 rings (SSSR count). The minimum Gasteiger partial charge on any atom is -0.382 e. The molecule has 2 fully saturated rings. The zero-order chi connectivity index (χ0) is 20.2. The molecule has 2 saturated heterocycles. The van der Waals surface area contributed by atoms with Crippen molar-refractivity contribution in [2.75, 3.05) is 66.2 Å². The molecule has 2 heterocycles. The summed E-state index contributed by atoms with van der Waals surface area (Å²) in [5.74, 6) is 2.43. The zero-order valence-corrected chi connectivity index (χ0v) is 18.8. The Morgan fingerprint density at radius 3 is 2.50 bits per heavy atom. The lowest BCUT2D eigenvalue weighted by atomic mass is 9.93. The summed E-state index contributed by atoms with van der Waals surface area (Å²) < 4.78 is 10.8. The second-order valence-electron chi connectivity index (χ2n) is 8.25. The van der Waals surface area contributed by atoms with Crippen LogP contribution in [0.25, 0.3) is 0 Å². The van der Waals surface area contributed by atoms with Crippen molar-refractivity contribution in [3.05, 3.63) is 0 Å². The average molecular weight is 397 g/mol. The summed E-state index contributed by atoms with van der Waals surface area (Å²) in [6.07, 6.45) is 6.36. The van der Waals surface area contributed by atoms with E-state index in [4.69, 9.17) is 14.5 Å². The van der Waals surface area contributed by atoms with E-state index in [1.165, 1.54) is 45.2 Å². The van der Waals surface area contributed by atoms with Crippen molar-refractivity contribution in [3.63, 3.8) is 0 Å². The second-order valence-corrected chi connectivity index (χ2v) is 8.25. The van der Waals surface area contributed by atoms with E-state index in [1.807, 2.05) is 0 Å². The van der Waals surface area contributed by atoms with Gasteiger partial charge in [0.15, 0.2) is 5.96 Å². The van der Waals surface area contributed by atoms with Crippen LogP contribution in [0.1, 0.15) is 52.9 Å². The maximum atomic E-state index is 5.75. The van der Waals surface area contributed by atoms with E-state index >= 15 is 0 Å². The number of guanidine groups is 1. The quantitative estimate of drug-likeness (QED) is 0.312. The molecule has 0 spiro atoms. The van der Waals surface area contributed by atoms with E-state index in [0.29, 0.717) is 25.2 Å². The number of hydrogen-bond donors (Lipinski definition) is 1. The van der Waals surface area contributed by atoms with Crippen LogP contribution in [0.3, 0.4) is 0 Å². The molecule has 28 heavy (non-hydrogen) atoms. The molecule has 2 unspecified atom stereocenters. The number of rotatable bonds is 12. The summed E-state index contributed by atoms with van der Waals surface area (Å²) in [5, 5.41) is 3.54. The smallest absolute Gasteiger partial charge is 0.193 e. The van der Waals surface area contributed by atoms with E-state index in [1.54, 1.807) is 7.11 Å². The van der Waals surface area contributed by atoms with Gasteiger partial charge in [-0.25, -0.2) is 0 Å². The molecule has 164 valence electrons. The molecule has 0 aliphatic carbocycles. The summed E-state index contributed by atoms with van der Waals surface area (Å²) in [6.45, 7) is 15.5. The fourth-order valence-corrected chi connectivity index (χ4v) is 4.63. The Morgan fingerprint density at radius 1 is 1.11 bits per heavy atom. The first-order valence-corrected chi connectivity index (χ1v) is 11.6.